The lowest BCUT2D eigenvalue weighted by Gasteiger charge is -2.06. The monoisotopic (exact) mass is 311 g/mol. The molecule has 0 N–H and O–H groups in total. The summed E-state index contributed by atoms with van der Waals surface area (Å²) in [5.41, 5.74) is 5.73. The molecular formula is C22H17NO. The third kappa shape index (κ3) is 2.16. The summed E-state index contributed by atoms with van der Waals surface area (Å²) < 4.78 is 2.22. The van der Waals surface area contributed by atoms with Gasteiger partial charge in [0.05, 0.1) is 5.52 Å². The van der Waals surface area contributed by atoms with Crippen LogP contribution in [0.25, 0.3) is 33.5 Å². The summed E-state index contributed by atoms with van der Waals surface area (Å²) in [5, 5.41) is 2.43. The number of nitrogens with zero attached hydrogens (tertiary/aromatic N) is 1. The zero-order valence-electron chi connectivity index (χ0n) is 13.4. The average molecular weight is 311 g/mol. The van der Waals surface area contributed by atoms with Crippen molar-refractivity contribution in [1.29, 1.82) is 0 Å². The van der Waals surface area contributed by atoms with Gasteiger partial charge in [0.2, 0.25) is 0 Å². The maximum Gasteiger partial charge on any atom is 0.142 e. The molecule has 2 aromatic heterocycles. The molecule has 2 aromatic carbocycles. The minimum Gasteiger partial charge on any atom is -0.319 e. The van der Waals surface area contributed by atoms with Gasteiger partial charge in [-0.2, -0.15) is 0 Å². The summed E-state index contributed by atoms with van der Waals surface area (Å²) >= 11 is 0. The molecule has 0 atom stereocenters. The molecule has 4 aromatic rings. The Kier molecular flexibility index (Phi) is 3.51. The van der Waals surface area contributed by atoms with Crippen LogP contribution in [0.4, 0.5) is 0 Å². The van der Waals surface area contributed by atoms with Crippen molar-refractivity contribution in [2.45, 2.75) is 6.92 Å². The molecule has 2 heterocycles. The van der Waals surface area contributed by atoms with Crippen LogP contribution in [0.2, 0.25) is 0 Å². The molecule has 2 heteroatoms. The summed E-state index contributed by atoms with van der Waals surface area (Å²) in [5.74, 6) is 0. The fourth-order valence-corrected chi connectivity index (χ4v) is 3.43. The molecule has 0 bridgehead atoms. The Balaban J connectivity index is 2.22. The topological polar surface area (TPSA) is 21.5 Å². The van der Waals surface area contributed by atoms with E-state index in [1.54, 1.807) is 6.08 Å². The first-order chi connectivity index (χ1) is 11.8. The van der Waals surface area contributed by atoms with Gasteiger partial charge < -0.3 is 4.40 Å². The molecule has 0 spiro atoms. The molecule has 0 fully saturated rings. The second-order valence-corrected chi connectivity index (χ2v) is 5.86. The van der Waals surface area contributed by atoms with Crippen LogP contribution >= 0.6 is 0 Å². The van der Waals surface area contributed by atoms with E-state index in [0.717, 1.165) is 23.1 Å². The SMILES string of the molecule is Cc1c(/C=C/C=O)c(-c2ccccc2)c2c3ccccc3ccn12. The summed E-state index contributed by atoms with van der Waals surface area (Å²) in [6.45, 7) is 2.10. The molecule has 24 heavy (non-hydrogen) atoms. The number of rotatable bonds is 3. The number of carbonyl (C=O) groups excluding carboxylic acids is 1. The van der Waals surface area contributed by atoms with Gasteiger partial charge >= 0.3 is 0 Å². The maximum absolute atomic E-state index is 10.9. The Labute approximate surface area is 140 Å². The molecule has 2 nitrogen and oxygen atoms in total. The molecule has 0 radical (unpaired) electrons. The highest BCUT2D eigenvalue weighted by molar-refractivity contribution is 6.06. The number of allylic oxidation sites excluding steroid dienone is 1. The quantitative estimate of drug-likeness (QED) is 0.372. The molecule has 4 rings (SSSR count). The Hall–Kier alpha value is -3.13. The highest BCUT2D eigenvalue weighted by Crippen LogP contribution is 2.37. The van der Waals surface area contributed by atoms with E-state index < -0.39 is 0 Å². The van der Waals surface area contributed by atoms with Crippen LogP contribution in [-0.4, -0.2) is 10.7 Å². The summed E-state index contributed by atoms with van der Waals surface area (Å²) in [7, 11) is 0. The zero-order valence-corrected chi connectivity index (χ0v) is 13.4. The van der Waals surface area contributed by atoms with Gasteiger partial charge in [-0.15, -0.1) is 0 Å². The maximum atomic E-state index is 10.9. The molecule has 0 aliphatic heterocycles. The van der Waals surface area contributed by atoms with Gasteiger partial charge in [0.25, 0.3) is 0 Å². The largest absolute Gasteiger partial charge is 0.319 e. The first kappa shape index (κ1) is 14.5. The second kappa shape index (κ2) is 5.82. The van der Waals surface area contributed by atoms with Crippen molar-refractivity contribution in [3.05, 3.63) is 84.2 Å². The van der Waals surface area contributed by atoms with Gasteiger partial charge in [-0.05, 0) is 36.1 Å². The molecule has 0 aliphatic carbocycles. The Bertz CT molecular complexity index is 1070. The van der Waals surface area contributed by atoms with Gasteiger partial charge in [0.1, 0.15) is 6.29 Å². The molecule has 0 saturated heterocycles. The number of hydrogen-bond acceptors (Lipinski definition) is 1. The van der Waals surface area contributed by atoms with Crippen molar-refractivity contribution in [2.75, 3.05) is 0 Å². The number of hydrogen-bond donors (Lipinski definition) is 0. The first-order valence-corrected chi connectivity index (χ1v) is 8.01. The minimum absolute atomic E-state index is 0.828. The van der Waals surface area contributed by atoms with E-state index in [2.05, 4.69) is 60.0 Å². The second-order valence-electron chi connectivity index (χ2n) is 5.86. The number of aryl methyl sites for hydroxylation is 1. The third-order valence-electron chi connectivity index (χ3n) is 4.52. The van der Waals surface area contributed by atoms with E-state index in [1.165, 1.54) is 21.9 Å². The molecule has 0 unspecified atom stereocenters. The van der Waals surface area contributed by atoms with Crippen molar-refractivity contribution in [3.63, 3.8) is 0 Å². The van der Waals surface area contributed by atoms with Gasteiger partial charge in [-0.1, -0.05) is 54.6 Å². The smallest absolute Gasteiger partial charge is 0.142 e. The van der Waals surface area contributed by atoms with Gasteiger partial charge in [0.15, 0.2) is 0 Å². The lowest BCUT2D eigenvalue weighted by Crippen LogP contribution is -1.88. The van der Waals surface area contributed by atoms with Crippen LogP contribution < -0.4 is 0 Å². The summed E-state index contributed by atoms with van der Waals surface area (Å²) in [6, 6.07) is 20.9. The molecule has 0 amide bonds. The van der Waals surface area contributed by atoms with Crippen molar-refractivity contribution < 1.29 is 4.79 Å². The minimum atomic E-state index is 0.828. The first-order valence-electron chi connectivity index (χ1n) is 8.01. The van der Waals surface area contributed by atoms with E-state index >= 15 is 0 Å². The highest BCUT2D eigenvalue weighted by atomic mass is 16.1. The molecular weight excluding hydrogens is 294 g/mol. The van der Waals surface area contributed by atoms with Crippen LogP contribution in [0.1, 0.15) is 11.3 Å². The fraction of sp³-hybridized carbons (Fsp3) is 0.0455. The van der Waals surface area contributed by atoms with Crippen molar-refractivity contribution in [1.82, 2.24) is 4.40 Å². The predicted molar refractivity (Wildman–Crippen MR) is 100 cm³/mol. The molecule has 116 valence electrons. The van der Waals surface area contributed by atoms with Crippen molar-refractivity contribution >= 4 is 28.7 Å². The van der Waals surface area contributed by atoms with Crippen molar-refractivity contribution in [3.8, 4) is 11.1 Å². The predicted octanol–water partition coefficient (Wildman–Crippen LogP) is 5.28. The van der Waals surface area contributed by atoms with Gasteiger partial charge in [0, 0.05) is 28.4 Å². The Morgan fingerprint density at radius 2 is 1.67 bits per heavy atom. The van der Waals surface area contributed by atoms with Crippen LogP contribution in [0, 0.1) is 6.92 Å². The van der Waals surface area contributed by atoms with E-state index in [9.17, 15) is 4.79 Å². The van der Waals surface area contributed by atoms with Crippen LogP contribution in [0.15, 0.2) is 72.9 Å². The molecule has 0 aliphatic rings. The van der Waals surface area contributed by atoms with E-state index in [-0.39, 0.29) is 0 Å². The Morgan fingerprint density at radius 3 is 2.46 bits per heavy atom. The zero-order chi connectivity index (χ0) is 16.5. The standard InChI is InChI=1S/C22H17NO/c1-16-19(12-7-15-24)21(18-9-3-2-4-10-18)22-20-11-6-5-8-17(20)13-14-23(16)22/h2-15H,1H3/b12-7+. The highest BCUT2D eigenvalue weighted by Gasteiger charge is 2.17. The van der Waals surface area contributed by atoms with Crippen molar-refractivity contribution in [2.24, 2.45) is 0 Å². The van der Waals surface area contributed by atoms with E-state index in [0.29, 0.717) is 0 Å². The molecule has 0 saturated carbocycles. The number of fused-ring (bicyclic) bond motifs is 3. The average Bonchev–Trinajstić information content (AvgIpc) is 2.93. The van der Waals surface area contributed by atoms with Crippen LogP contribution in [0.5, 0.6) is 0 Å². The van der Waals surface area contributed by atoms with Crippen LogP contribution in [-0.2, 0) is 4.79 Å². The third-order valence-corrected chi connectivity index (χ3v) is 4.52. The fourth-order valence-electron chi connectivity index (χ4n) is 3.43. The number of carbonyl (C=O) groups is 1. The number of pyridine rings is 1. The number of aldehydes is 1. The van der Waals surface area contributed by atoms with Gasteiger partial charge in [-0.3, -0.25) is 4.79 Å². The Morgan fingerprint density at radius 1 is 0.917 bits per heavy atom. The van der Waals surface area contributed by atoms with Crippen LogP contribution in [0.3, 0.4) is 0 Å². The summed E-state index contributed by atoms with van der Waals surface area (Å²) in [4.78, 5) is 10.9. The van der Waals surface area contributed by atoms with E-state index in [1.807, 2.05) is 24.3 Å². The normalized spacial score (nSPS) is 11.5. The summed E-state index contributed by atoms with van der Waals surface area (Å²) in [6.07, 6.45) is 6.41. The van der Waals surface area contributed by atoms with E-state index in [4.69, 9.17) is 0 Å². The lowest BCUT2D eigenvalue weighted by atomic mass is 9.99. The van der Waals surface area contributed by atoms with Gasteiger partial charge in [-0.25, -0.2) is 0 Å². The number of aromatic nitrogens is 1. The lowest BCUT2D eigenvalue weighted by molar-refractivity contribution is -0.104. The number of benzene rings is 2.